The Bertz CT molecular complexity index is 278. The number of nitrogens with one attached hydrogen (secondary N) is 1. The summed E-state index contributed by atoms with van der Waals surface area (Å²) in [6.07, 6.45) is 1.19. The zero-order valence-corrected chi connectivity index (χ0v) is 9.91. The number of aliphatic carboxylic acids is 1. The number of ether oxygens (including phenoxy) is 1. The molecule has 16 heavy (non-hydrogen) atoms. The van der Waals surface area contributed by atoms with Gasteiger partial charge < -0.3 is 20.0 Å². The highest BCUT2D eigenvalue weighted by molar-refractivity contribution is 5.70. The number of alkyl carbamates (subject to hydrolysis) is 1. The summed E-state index contributed by atoms with van der Waals surface area (Å²) >= 11 is 0. The highest BCUT2D eigenvalue weighted by Gasteiger charge is 2.33. The third kappa shape index (κ3) is 5.00. The Morgan fingerprint density at radius 2 is 2.00 bits per heavy atom. The molecule has 0 bridgehead atoms. The summed E-state index contributed by atoms with van der Waals surface area (Å²) in [4.78, 5) is 21.9. The first-order chi connectivity index (χ1) is 7.28. The zero-order chi connectivity index (χ0) is 12.3. The molecule has 5 nitrogen and oxygen atoms in total. The van der Waals surface area contributed by atoms with Crippen LogP contribution < -0.4 is 10.4 Å². The van der Waals surface area contributed by atoms with E-state index in [1.807, 2.05) is 0 Å². The van der Waals surface area contributed by atoms with E-state index in [1.165, 1.54) is 0 Å². The zero-order valence-electron chi connectivity index (χ0n) is 9.91. The molecule has 0 aromatic rings. The molecule has 0 heterocycles. The molecule has 0 radical (unpaired) electrons. The van der Waals surface area contributed by atoms with Crippen LogP contribution in [0, 0.1) is 5.92 Å². The predicted molar refractivity (Wildman–Crippen MR) is 55.5 cm³/mol. The van der Waals surface area contributed by atoms with Crippen LogP contribution in [0.4, 0.5) is 4.79 Å². The molecule has 1 fully saturated rings. The minimum atomic E-state index is -1.15. The molecule has 1 aliphatic carbocycles. The lowest BCUT2D eigenvalue weighted by atomic mass is 10.1. The highest BCUT2D eigenvalue weighted by atomic mass is 16.6. The van der Waals surface area contributed by atoms with E-state index in [4.69, 9.17) is 4.74 Å². The fourth-order valence-corrected chi connectivity index (χ4v) is 1.47. The minimum Gasteiger partial charge on any atom is -0.550 e. The molecule has 0 aromatic heterocycles. The summed E-state index contributed by atoms with van der Waals surface area (Å²) < 4.78 is 5.06. The average Bonchev–Trinajstić information content (AvgIpc) is 2.78. The number of amides is 1. The van der Waals surface area contributed by atoms with E-state index in [-0.39, 0.29) is 18.4 Å². The van der Waals surface area contributed by atoms with E-state index < -0.39 is 17.7 Å². The first kappa shape index (κ1) is 12.8. The number of rotatable bonds is 4. The fraction of sp³-hybridized carbons (Fsp3) is 0.818. The smallest absolute Gasteiger partial charge is 0.407 e. The van der Waals surface area contributed by atoms with Gasteiger partial charge in [-0.15, -0.1) is 0 Å². The van der Waals surface area contributed by atoms with Crippen molar-refractivity contribution in [1.82, 2.24) is 5.32 Å². The molecule has 92 valence electrons. The Labute approximate surface area is 95.2 Å². The Hall–Kier alpha value is -1.26. The lowest BCUT2D eigenvalue weighted by Crippen LogP contribution is -2.43. The summed E-state index contributed by atoms with van der Waals surface area (Å²) in [5, 5.41) is 13.1. The van der Waals surface area contributed by atoms with Gasteiger partial charge >= 0.3 is 6.09 Å². The third-order valence-electron chi connectivity index (χ3n) is 2.28. The maximum Gasteiger partial charge on any atom is 0.407 e. The van der Waals surface area contributed by atoms with E-state index in [9.17, 15) is 14.7 Å². The molecule has 0 spiro atoms. The number of hydrogen-bond donors (Lipinski definition) is 1. The van der Waals surface area contributed by atoms with Crippen molar-refractivity contribution in [2.75, 3.05) is 0 Å². The van der Waals surface area contributed by atoms with Gasteiger partial charge in [-0.25, -0.2) is 4.79 Å². The molecule has 1 saturated carbocycles. The van der Waals surface area contributed by atoms with Gasteiger partial charge in [0.05, 0.1) is 0 Å². The van der Waals surface area contributed by atoms with Crippen molar-refractivity contribution in [1.29, 1.82) is 0 Å². The van der Waals surface area contributed by atoms with Crippen molar-refractivity contribution >= 4 is 12.1 Å². The van der Waals surface area contributed by atoms with Crippen LogP contribution in [0.2, 0.25) is 0 Å². The molecule has 1 rings (SSSR count). The van der Waals surface area contributed by atoms with E-state index in [2.05, 4.69) is 5.32 Å². The van der Waals surface area contributed by atoms with Gasteiger partial charge in [0.15, 0.2) is 0 Å². The number of carboxylic acid groups (broad SMARTS) is 1. The van der Waals surface area contributed by atoms with Crippen molar-refractivity contribution in [2.45, 2.75) is 51.7 Å². The van der Waals surface area contributed by atoms with Gasteiger partial charge in [0.25, 0.3) is 0 Å². The molecule has 1 atom stereocenters. The summed E-state index contributed by atoms with van der Waals surface area (Å²) in [6, 6.07) is -0.361. The first-order valence-corrected chi connectivity index (χ1v) is 5.47. The molecular formula is C11H18NO4-. The second kappa shape index (κ2) is 4.72. The minimum absolute atomic E-state index is 0.149. The van der Waals surface area contributed by atoms with E-state index in [1.54, 1.807) is 20.8 Å². The summed E-state index contributed by atoms with van der Waals surface area (Å²) in [7, 11) is 0. The summed E-state index contributed by atoms with van der Waals surface area (Å²) in [6.45, 7) is 5.28. The predicted octanol–water partition coefficient (Wildman–Crippen LogP) is 0.430. The fourth-order valence-electron chi connectivity index (χ4n) is 1.47. The van der Waals surface area contributed by atoms with Crippen LogP contribution in [0.3, 0.4) is 0 Å². The SMILES string of the molecule is CC(C)(C)OC(=O)N[C@H](CC(=O)[O-])C1CC1. The Kier molecular flexibility index (Phi) is 3.78. The van der Waals surface area contributed by atoms with Crippen LogP contribution in [0.5, 0.6) is 0 Å². The second-order valence-corrected chi connectivity index (χ2v) is 5.17. The molecule has 5 heteroatoms. The van der Waals surface area contributed by atoms with Crippen LogP contribution in [0.25, 0.3) is 0 Å². The van der Waals surface area contributed by atoms with Crippen molar-refractivity contribution in [3.63, 3.8) is 0 Å². The van der Waals surface area contributed by atoms with E-state index in [0.717, 1.165) is 12.8 Å². The van der Waals surface area contributed by atoms with Crippen molar-refractivity contribution in [3.8, 4) is 0 Å². The molecule has 0 aliphatic heterocycles. The largest absolute Gasteiger partial charge is 0.550 e. The summed E-state index contributed by atoms with van der Waals surface area (Å²) in [5.41, 5.74) is -0.570. The van der Waals surface area contributed by atoms with Crippen LogP contribution in [-0.4, -0.2) is 23.7 Å². The van der Waals surface area contributed by atoms with Crippen molar-refractivity contribution < 1.29 is 19.4 Å². The normalized spacial score (nSPS) is 17.7. The van der Waals surface area contributed by atoms with E-state index >= 15 is 0 Å². The monoisotopic (exact) mass is 228 g/mol. The topological polar surface area (TPSA) is 78.5 Å². The van der Waals surface area contributed by atoms with Crippen LogP contribution in [0.15, 0.2) is 0 Å². The maximum atomic E-state index is 11.4. The van der Waals surface area contributed by atoms with Gasteiger partial charge in [0.2, 0.25) is 0 Å². The number of carboxylic acids is 1. The average molecular weight is 228 g/mol. The first-order valence-electron chi connectivity index (χ1n) is 5.47. The van der Waals surface area contributed by atoms with Crippen LogP contribution in [-0.2, 0) is 9.53 Å². The van der Waals surface area contributed by atoms with Crippen LogP contribution >= 0.6 is 0 Å². The molecule has 1 aliphatic rings. The molecule has 0 saturated heterocycles. The number of carbonyl (C=O) groups is 2. The van der Waals surface area contributed by atoms with Gasteiger partial charge in [-0.1, -0.05) is 0 Å². The van der Waals surface area contributed by atoms with Crippen molar-refractivity contribution in [2.24, 2.45) is 5.92 Å². The van der Waals surface area contributed by atoms with Gasteiger partial charge in [-0.3, -0.25) is 0 Å². The molecule has 1 amide bonds. The van der Waals surface area contributed by atoms with Gasteiger partial charge in [0, 0.05) is 18.4 Å². The van der Waals surface area contributed by atoms with Crippen LogP contribution in [0.1, 0.15) is 40.0 Å². The van der Waals surface area contributed by atoms with Gasteiger partial charge in [-0.2, -0.15) is 0 Å². The Morgan fingerprint density at radius 1 is 1.44 bits per heavy atom. The van der Waals surface area contributed by atoms with Gasteiger partial charge in [0.1, 0.15) is 5.60 Å². The number of hydrogen-bond acceptors (Lipinski definition) is 4. The summed E-state index contributed by atoms with van der Waals surface area (Å²) in [5.74, 6) is -0.890. The lowest BCUT2D eigenvalue weighted by Gasteiger charge is -2.23. The Balaban J connectivity index is 2.42. The number of carbonyl (C=O) groups excluding carboxylic acids is 2. The van der Waals surface area contributed by atoms with E-state index in [0.29, 0.717) is 0 Å². The third-order valence-corrected chi connectivity index (χ3v) is 2.28. The molecular weight excluding hydrogens is 210 g/mol. The molecule has 0 unspecified atom stereocenters. The lowest BCUT2D eigenvalue weighted by molar-refractivity contribution is -0.306. The second-order valence-electron chi connectivity index (χ2n) is 5.17. The molecule has 1 N–H and O–H groups in total. The van der Waals surface area contributed by atoms with Gasteiger partial charge in [-0.05, 0) is 39.5 Å². The maximum absolute atomic E-state index is 11.4. The Morgan fingerprint density at radius 3 is 2.38 bits per heavy atom. The standard InChI is InChI=1S/C11H19NO4/c1-11(2,3)16-10(15)12-8(6-9(13)14)7-4-5-7/h7-8H,4-6H2,1-3H3,(H,12,15)(H,13,14)/p-1/t8-/m1/s1. The van der Waals surface area contributed by atoms with Crippen molar-refractivity contribution in [3.05, 3.63) is 0 Å². The molecule has 0 aromatic carbocycles. The highest BCUT2D eigenvalue weighted by Crippen LogP contribution is 2.34. The quantitative estimate of drug-likeness (QED) is 0.756.